The summed E-state index contributed by atoms with van der Waals surface area (Å²) in [7, 11) is 0.959. The van der Waals surface area contributed by atoms with Gasteiger partial charge in [-0.2, -0.15) is 5.10 Å². The average molecular weight is 388 g/mol. The molecule has 2 heterocycles. The van der Waals surface area contributed by atoms with Crippen molar-refractivity contribution in [2.45, 2.75) is 24.7 Å². The fourth-order valence-corrected chi connectivity index (χ4v) is 4.41. The van der Waals surface area contributed by atoms with Gasteiger partial charge in [-0.25, -0.2) is 0 Å². The van der Waals surface area contributed by atoms with E-state index in [-0.39, 0.29) is 0 Å². The molecule has 1 aromatic heterocycles. The fourth-order valence-electron chi connectivity index (χ4n) is 3.45. The van der Waals surface area contributed by atoms with Crippen LogP contribution >= 0.6 is 0 Å². The molecule has 2 unspecified atom stereocenters. The predicted octanol–water partition coefficient (Wildman–Crippen LogP) is 2.06. The zero-order valence-corrected chi connectivity index (χ0v) is 17.0. The number of likely N-dealkylation sites (tertiary alicyclic amines) is 1. The summed E-state index contributed by atoms with van der Waals surface area (Å²) in [6.45, 7) is 5.50. The van der Waals surface area contributed by atoms with E-state index in [2.05, 4.69) is 28.4 Å². The summed E-state index contributed by atoms with van der Waals surface area (Å²) >= 11 is 0. The summed E-state index contributed by atoms with van der Waals surface area (Å²) in [6.07, 6.45) is 6.28. The van der Waals surface area contributed by atoms with Gasteiger partial charge in [-0.15, -0.1) is 0 Å². The largest absolute Gasteiger partial charge is 0.357 e. The zero-order chi connectivity index (χ0) is 19.1. The van der Waals surface area contributed by atoms with E-state index in [0.29, 0.717) is 18.2 Å². The lowest BCUT2D eigenvalue weighted by molar-refractivity contribution is 0.460. The third kappa shape index (κ3) is 5.66. The van der Waals surface area contributed by atoms with Crippen molar-refractivity contribution in [3.8, 4) is 0 Å². The first-order valence-electron chi connectivity index (χ1n) is 9.60. The van der Waals surface area contributed by atoms with Gasteiger partial charge >= 0.3 is 0 Å². The number of aromatic nitrogens is 2. The van der Waals surface area contributed by atoms with Gasteiger partial charge in [0.25, 0.3) is 0 Å². The normalized spacial score (nSPS) is 18.7. The molecular weight excluding hydrogens is 358 g/mol. The second-order valence-corrected chi connectivity index (χ2v) is 8.50. The molecule has 27 heavy (non-hydrogen) atoms. The Balaban J connectivity index is 1.53. The Morgan fingerprint density at radius 2 is 2.19 bits per heavy atom. The number of rotatable bonds is 7. The average Bonchev–Trinajstić information content (AvgIpc) is 3.31. The summed E-state index contributed by atoms with van der Waals surface area (Å²) in [5.41, 5.74) is 1.30. The first kappa shape index (κ1) is 19.6. The van der Waals surface area contributed by atoms with E-state index in [9.17, 15) is 4.21 Å². The summed E-state index contributed by atoms with van der Waals surface area (Å²) in [6, 6.07) is 9.61. The van der Waals surface area contributed by atoms with Crippen molar-refractivity contribution >= 4 is 16.8 Å². The number of guanidine groups is 1. The van der Waals surface area contributed by atoms with E-state index in [4.69, 9.17) is 4.99 Å². The van der Waals surface area contributed by atoms with Gasteiger partial charge in [0, 0.05) is 43.5 Å². The molecule has 1 saturated heterocycles. The Bertz CT molecular complexity index is 774. The summed E-state index contributed by atoms with van der Waals surface area (Å²) in [5.74, 6) is 2.11. The van der Waals surface area contributed by atoms with Gasteiger partial charge in [-0.05, 0) is 43.4 Å². The molecule has 6 nitrogen and oxygen atoms in total. The van der Waals surface area contributed by atoms with Gasteiger partial charge in [-0.1, -0.05) is 18.2 Å². The van der Waals surface area contributed by atoms with E-state index in [1.807, 2.05) is 48.3 Å². The molecule has 7 heteroatoms. The molecule has 2 aromatic rings. The summed E-state index contributed by atoms with van der Waals surface area (Å²) < 4.78 is 14.2. The van der Waals surface area contributed by atoms with Crippen LogP contribution in [0.1, 0.15) is 18.9 Å². The van der Waals surface area contributed by atoms with Crippen molar-refractivity contribution in [2.24, 2.45) is 18.0 Å². The van der Waals surface area contributed by atoms with Gasteiger partial charge in [0.05, 0.1) is 23.5 Å². The molecule has 0 aliphatic carbocycles. The van der Waals surface area contributed by atoms with Crippen LogP contribution < -0.4 is 5.32 Å². The Kier molecular flexibility index (Phi) is 7.04. The lowest BCUT2D eigenvalue weighted by Gasteiger charge is -2.21. The Hall–Kier alpha value is -2.15. The predicted molar refractivity (Wildman–Crippen MR) is 110 cm³/mol. The van der Waals surface area contributed by atoms with Gasteiger partial charge in [0.2, 0.25) is 0 Å². The highest BCUT2D eigenvalue weighted by atomic mass is 32.2. The number of nitrogens with zero attached hydrogens (tertiary/aromatic N) is 4. The molecule has 2 atom stereocenters. The highest BCUT2D eigenvalue weighted by Gasteiger charge is 2.25. The van der Waals surface area contributed by atoms with Crippen molar-refractivity contribution < 1.29 is 4.21 Å². The number of hydrogen-bond donors (Lipinski definition) is 1. The maximum absolute atomic E-state index is 12.4. The second kappa shape index (κ2) is 9.69. The fraction of sp³-hybridized carbons (Fsp3) is 0.500. The van der Waals surface area contributed by atoms with Crippen LogP contribution in [0.15, 0.2) is 52.6 Å². The van der Waals surface area contributed by atoms with Crippen LogP contribution in [0.3, 0.4) is 0 Å². The minimum Gasteiger partial charge on any atom is -0.357 e. The van der Waals surface area contributed by atoms with Crippen molar-refractivity contribution in [1.29, 1.82) is 0 Å². The van der Waals surface area contributed by atoms with E-state index >= 15 is 0 Å². The van der Waals surface area contributed by atoms with Crippen LogP contribution in [-0.4, -0.2) is 56.8 Å². The smallest absolute Gasteiger partial charge is 0.193 e. The molecule has 0 spiro atoms. The molecule has 1 aromatic carbocycles. The van der Waals surface area contributed by atoms with Crippen molar-refractivity contribution in [3.05, 3.63) is 48.3 Å². The Morgan fingerprint density at radius 3 is 2.89 bits per heavy atom. The second-order valence-electron chi connectivity index (χ2n) is 6.93. The van der Waals surface area contributed by atoms with Crippen LogP contribution in [0.4, 0.5) is 0 Å². The number of hydrogen-bond acceptors (Lipinski definition) is 3. The minimum atomic E-state index is -0.999. The molecule has 0 bridgehead atoms. The van der Waals surface area contributed by atoms with E-state index in [0.717, 1.165) is 43.3 Å². The molecule has 3 rings (SSSR count). The van der Waals surface area contributed by atoms with E-state index in [1.165, 1.54) is 5.56 Å². The maximum Gasteiger partial charge on any atom is 0.193 e. The SMILES string of the molecule is CCNC(=NCCS(=O)c1ccccc1)N1CCC(Cc2cnn(C)c2)C1. The molecule has 0 saturated carbocycles. The van der Waals surface area contributed by atoms with Gasteiger partial charge in [0.15, 0.2) is 5.96 Å². The zero-order valence-electron chi connectivity index (χ0n) is 16.2. The first-order valence-corrected chi connectivity index (χ1v) is 10.9. The van der Waals surface area contributed by atoms with Crippen LogP contribution in [0, 0.1) is 5.92 Å². The summed E-state index contributed by atoms with van der Waals surface area (Å²) in [5, 5.41) is 7.65. The topological polar surface area (TPSA) is 62.5 Å². The Labute approximate surface area is 164 Å². The van der Waals surface area contributed by atoms with Crippen molar-refractivity contribution in [2.75, 3.05) is 31.9 Å². The third-order valence-corrected chi connectivity index (χ3v) is 6.10. The van der Waals surface area contributed by atoms with Crippen LogP contribution in [0.5, 0.6) is 0 Å². The molecule has 1 aliphatic heterocycles. The van der Waals surface area contributed by atoms with Crippen LogP contribution in [0.25, 0.3) is 0 Å². The summed E-state index contributed by atoms with van der Waals surface area (Å²) in [4.78, 5) is 7.93. The maximum atomic E-state index is 12.4. The monoisotopic (exact) mass is 387 g/mol. The lowest BCUT2D eigenvalue weighted by atomic mass is 10.0. The van der Waals surface area contributed by atoms with Crippen molar-refractivity contribution in [3.63, 3.8) is 0 Å². The number of aryl methyl sites for hydroxylation is 1. The number of aliphatic imine (C=N–C) groups is 1. The molecule has 1 fully saturated rings. The Morgan fingerprint density at radius 1 is 1.37 bits per heavy atom. The number of nitrogens with one attached hydrogen (secondary N) is 1. The van der Waals surface area contributed by atoms with Gasteiger partial charge < -0.3 is 10.2 Å². The minimum absolute atomic E-state index is 0.547. The van der Waals surface area contributed by atoms with E-state index in [1.54, 1.807) is 0 Å². The van der Waals surface area contributed by atoms with Gasteiger partial charge in [-0.3, -0.25) is 13.9 Å². The quantitative estimate of drug-likeness (QED) is 0.583. The highest BCUT2D eigenvalue weighted by Crippen LogP contribution is 2.20. The molecule has 1 N–H and O–H groups in total. The van der Waals surface area contributed by atoms with Gasteiger partial charge in [0.1, 0.15) is 0 Å². The molecular formula is C20H29N5OS. The molecule has 1 aliphatic rings. The third-order valence-electron chi connectivity index (χ3n) is 4.75. The van der Waals surface area contributed by atoms with Crippen LogP contribution in [-0.2, 0) is 24.3 Å². The van der Waals surface area contributed by atoms with Crippen LogP contribution in [0.2, 0.25) is 0 Å². The molecule has 0 amide bonds. The van der Waals surface area contributed by atoms with Crippen molar-refractivity contribution in [1.82, 2.24) is 20.0 Å². The molecule has 0 radical (unpaired) electrons. The lowest BCUT2D eigenvalue weighted by Crippen LogP contribution is -2.40. The highest BCUT2D eigenvalue weighted by molar-refractivity contribution is 7.85. The molecule has 146 valence electrons. The van der Waals surface area contributed by atoms with E-state index < -0.39 is 10.8 Å². The number of benzene rings is 1. The first-order chi connectivity index (χ1) is 13.2. The standard InChI is InChI=1S/C20H29N5OS/c1-3-21-20(22-10-12-27(26)19-7-5-4-6-8-19)25-11-9-17(16-25)13-18-14-23-24(2)15-18/h4-8,14-15,17H,3,9-13,16H2,1-2H3,(H,21,22).